The Bertz CT molecular complexity index is 331. The van der Waals surface area contributed by atoms with Crippen molar-refractivity contribution in [2.75, 3.05) is 14.1 Å². The molecule has 0 radical (unpaired) electrons. The van der Waals surface area contributed by atoms with Crippen LogP contribution in [0.2, 0.25) is 0 Å². The summed E-state index contributed by atoms with van der Waals surface area (Å²) in [6, 6.07) is 3.21. The Labute approximate surface area is 104 Å². The minimum Gasteiger partial charge on any atom is -0.328 e. The van der Waals surface area contributed by atoms with Gasteiger partial charge in [-0.1, -0.05) is 0 Å². The van der Waals surface area contributed by atoms with Crippen LogP contribution >= 0.6 is 27.3 Å². The summed E-state index contributed by atoms with van der Waals surface area (Å²) >= 11 is 5.35. The predicted octanol–water partition coefficient (Wildman–Crippen LogP) is 2.85. The molecule has 0 bridgehead atoms. The first-order chi connectivity index (χ1) is 7.08. The van der Waals surface area contributed by atoms with Gasteiger partial charge in [0, 0.05) is 26.8 Å². The fraction of sp³-hybridized carbons (Fsp3) is 0.636. The van der Waals surface area contributed by atoms with Crippen molar-refractivity contribution in [3.05, 3.63) is 20.8 Å². The normalized spacial score (nSPS) is 27.8. The monoisotopic (exact) mass is 288 g/mol. The van der Waals surface area contributed by atoms with Crippen LogP contribution in [0, 0.1) is 5.92 Å². The Morgan fingerprint density at radius 1 is 1.53 bits per heavy atom. The van der Waals surface area contributed by atoms with Crippen molar-refractivity contribution in [3.63, 3.8) is 0 Å². The first kappa shape index (κ1) is 11.6. The number of hydrogen-bond donors (Lipinski definition) is 1. The van der Waals surface area contributed by atoms with E-state index < -0.39 is 0 Å². The van der Waals surface area contributed by atoms with Crippen LogP contribution in [0.5, 0.6) is 0 Å². The average molecular weight is 289 g/mol. The molecule has 1 aliphatic carbocycles. The van der Waals surface area contributed by atoms with Gasteiger partial charge >= 0.3 is 0 Å². The second kappa shape index (κ2) is 4.53. The molecule has 1 aliphatic rings. The minimum absolute atomic E-state index is 0.431. The zero-order chi connectivity index (χ0) is 11.0. The van der Waals surface area contributed by atoms with E-state index in [4.69, 9.17) is 5.73 Å². The molecular formula is C11H17BrN2S. The number of nitrogens with two attached hydrogens (primary N) is 1. The lowest BCUT2D eigenvalue weighted by atomic mass is 9.75. The molecule has 0 aromatic carbocycles. The molecule has 2 rings (SSSR count). The minimum atomic E-state index is 0.431. The van der Waals surface area contributed by atoms with Gasteiger partial charge < -0.3 is 10.6 Å². The summed E-state index contributed by atoms with van der Waals surface area (Å²) in [5.74, 6) is 0.737. The Kier molecular flexibility index (Phi) is 3.50. The zero-order valence-corrected chi connectivity index (χ0v) is 11.5. The molecule has 1 fully saturated rings. The average Bonchev–Trinajstić information content (AvgIpc) is 2.49. The summed E-state index contributed by atoms with van der Waals surface area (Å²) in [6.07, 6.45) is 2.33. The molecule has 2 nitrogen and oxygen atoms in total. The lowest BCUT2D eigenvalue weighted by Crippen LogP contribution is -2.42. The Hall–Kier alpha value is 0.1000. The highest BCUT2D eigenvalue weighted by Gasteiger charge is 2.35. The van der Waals surface area contributed by atoms with Crippen molar-refractivity contribution in [1.82, 2.24) is 4.90 Å². The van der Waals surface area contributed by atoms with Gasteiger partial charge in [0.15, 0.2) is 0 Å². The van der Waals surface area contributed by atoms with Crippen LogP contribution in [0.1, 0.15) is 23.8 Å². The van der Waals surface area contributed by atoms with Crippen LogP contribution in [0.25, 0.3) is 0 Å². The fourth-order valence-corrected chi connectivity index (χ4v) is 4.09. The second-order valence-electron chi connectivity index (χ2n) is 4.57. The maximum Gasteiger partial charge on any atom is 0.0465 e. The van der Waals surface area contributed by atoms with Crippen molar-refractivity contribution >= 4 is 27.3 Å². The number of halogens is 1. The summed E-state index contributed by atoms with van der Waals surface area (Å²) in [5, 5.41) is 2.16. The molecule has 1 heterocycles. The standard InChI is InChI=1S/C11H17BrN2S/c1-14(2)11(7-3-9(13)4-7)10-5-8(12)6-15-10/h5-7,9,11H,3-4,13H2,1-2H3. The topological polar surface area (TPSA) is 29.3 Å². The molecule has 1 saturated carbocycles. The molecule has 1 atom stereocenters. The van der Waals surface area contributed by atoms with E-state index in [9.17, 15) is 0 Å². The van der Waals surface area contributed by atoms with Gasteiger partial charge in [0.2, 0.25) is 0 Å². The first-order valence-electron chi connectivity index (χ1n) is 5.24. The molecular weight excluding hydrogens is 272 g/mol. The Morgan fingerprint density at radius 3 is 2.60 bits per heavy atom. The fourth-order valence-electron chi connectivity index (χ4n) is 2.36. The van der Waals surface area contributed by atoms with Gasteiger partial charge in [0.1, 0.15) is 0 Å². The number of thiophene rings is 1. The molecule has 1 aromatic rings. The van der Waals surface area contributed by atoms with Crippen molar-refractivity contribution in [2.24, 2.45) is 11.7 Å². The molecule has 0 saturated heterocycles. The summed E-state index contributed by atoms with van der Waals surface area (Å²) < 4.78 is 1.19. The van der Waals surface area contributed by atoms with Crippen LogP contribution in [-0.4, -0.2) is 25.0 Å². The van der Waals surface area contributed by atoms with E-state index in [0.29, 0.717) is 12.1 Å². The van der Waals surface area contributed by atoms with E-state index in [1.54, 1.807) is 0 Å². The van der Waals surface area contributed by atoms with E-state index >= 15 is 0 Å². The maximum absolute atomic E-state index is 5.87. The van der Waals surface area contributed by atoms with E-state index in [1.807, 2.05) is 11.3 Å². The van der Waals surface area contributed by atoms with Crippen molar-refractivity contribution in [3.8, 4) is 0 Å². The summed E-state index contributed by atoms with van der Waals surface area (Å²) in [5.41, 5.74) is 5.87. The maximum atomic E-state index is 5.87. The van der Waals surface area contributed by atoms with Crippen molar-refractivity contribution < 1.29 is 0 Å². The molecule has 1 aromatic heterocycles. The van der Waals surface area contributed by atoms with Gasteiger partial charge in [-0.15, -0.1) is 11.3 Å². The SMILES string of the molecule is CN(C)C(c1cc(Br)cs1)C1CC(N)C1. The van der Waals surface area contributed by atoms with Crippen LogP contribution in [0.3, 0.4) is 0 Å². The van der Waals surface area contributed by atoms with Gasteiger partial charge in [-0.2, -0.15) is 0 Å². The van der Waals surface area contributed by atoms with E-state index in [-0.39, 0.29) is 0 Å². The first-order valence-corrected chi connectivity index (χ1v) is 6.91. The van der Waals surface area contributed by atoms with Crippen molar-refractivity contribution in [2.45, 2.75) is 24.9 Å². The highest BCUT2D eigenvalue weighted by molar-refractivity contribution is 9.10. The third-order valence-electron chi connectivity index (χ3n) is 3.09. The van der Waals surface area contributed by atoms with Gasteiger partial charge in [0.25, 0.3) is 0 Å². The number of rotatable bonds is 3. The van der Waals surface area contributed by atoms with Gasteiger partial charge in [-0.3, -0.25) is 0 Å². The quantitative estimate of drug-likeness (QED) is 0.927. The molecule has 0 amide bonds. The summed E-state index contributed by atoms with van der Waals surface area (Å²) in [6.45, 7) is 0. The lowest BCUT2D eigenvalue weighted by Gasteiger charge is -2.41. The van der Waals surface area contributed by atoms with Crippen LogP contribution in [0.15, 0.2) is 15.9 Å². The summed E-state index contributed by atoms with van der Waals surface area (Å²) in [7, 11) is 4.31. The molecule has 1 unspecified atom stereocenters. The number of nitrogens with zero attached hydrogens (tertiary/aromatic N) is 1. The lowest BCUT2D eigenvalue weighted by molar-refractivity contribution is 0.126. The zero-order valence-electron chi connectivity index (χ0n) is 9.11. The second-order valence-corrected chi connectivity index (χ2v) is 6.43. The van der Waals surface area contributed by atoms with Crippen molar-refractivity contribution in [1.29, 1.82) is 0 Å². The van der Waals surface area contributed by atoms with Crippen LogP contribution in [-0.2, 0) is 0 Å². The summed E-state index contributed by atoms with van der Waals surface area (Å²) in [4.78, 5) is 3.76. The molecule has 0 aliphatic heterocycles. The Morgan fingerprint density at radius 2 is 2.20 bits per heavy atom. The largest absolute Gasteiger partial charge is 0.328 e. The third kappa shape index (κ3) is 2.44. The van der Waals surface area contributed by atoms with Gasteiger partial charge in [0.05, 0.1) is 0 Å². The third-order valence-corrected chi connectivity index (χ3v) is 4.86. The molecule has 84 valence electrons. The highest BCUT2D eigenvalue weighted by atomic mass is 79.9. The van der Waals surface area contributed by atoms with Gasteiger partial charge in [-0.25, -0.2) is 0 Å². The van der Waals surface area contributed by atoms with Crippen LogP contribution < -0.4 is 5.73 Å². The molecule has 2 N–H and O–H groups in total. The van der Waals surface area contributed by atoms with E-state index in [0.717, 1.165) is 5.92 Å². The van der Waals surface area contributed by atoms with E-state index in [1.165, 1.54) is 22.2 Å². The molecule has 0 spiro atoms. The van der Waals surface area contributed by atoms with Crippen LogP contribution in [0.4, 0.5) is 0 Å². The predicted molar refractivity (Wildman–Crippen MR) is 69.1 cm³/mol. The smallest absolute Gasteiger partial charge is 0.0465 e. The Balaban J connectivity index is 2.13. The number of hydrogen-bond acceptors (Lipinski definition) is 3. The molecule has 15 heavy (non-hydrogen) atoms. The molecule has 4 heteroatoms. The highest BCUT2D eigenvalue weighted by Crippen LogP contribution is 2.42. The van der Waals surface area contributed by atoms with E-state index in [2.05, 4.69) is 46.4 Å². The van der Waals surface area contributed by atoms with Gasteiger partial charge in [-0.05, 0) is 54.9 Å².